The molecule has 0 saturated heterocycles. The number of benzene rings is 1. The van der Waals surface area contributed by atoms with Crippen molar-refractivity contribution in [3.05, 3.63) is 61.9 Å². The van der Waals surface area contributed by atoms with E-state index in [0.29, 0.717) is 6.54 Å². The van der Waals surface area contributed by atoms with Gasteiger partial charge in [0.2, 0.25) is 5.75 Å². The molecule has 0 radical (unpaired) electrons. The molecule has 7 nitrogen and oxygen atoms in total. The van der Waals surface area contributed by atoms with Gasteiger partial charge in [-0.25, -0.2) is 4.79 Å². The molecular formula is C16H17N3O4. The summed E-state index contributed by atoms with van der Waals surface area (Å²) in [5.41, 5.74) is 0.405. The number of carbonyl (C=O) groups is 1. The van der Waals surface area contributed by atoms with Crippen molar-refractivity contribution in [2.75, 3.05) is 6.54 Å². The van der Waals surface area contributed by atoms with Gasteiger partial charge >= 0.3 is 5.69 Å². The fourth-order valence-electron chi connectivity index (χ4n) is 2.92. The van der Waals surface area contributed by atoms with Crippen LogP contribution in [0.4, 0.5) is 0 Å². The Bertz CT molecular complexity index is 853. The summed E-state index contributed by atoms with van der Waals surface area (Å²) >= 11 is 0. The first-order valence-corrected chi connectivity index (χ1v) is 7.45. The van der Waals surface area contributed by atoms with Gasteiger partial charge in [0.25, 0.3) is 11.5 Å². The van der Waals surface area contributed by atoms with E-state index in [9.17, 15) is 19.5 Å². The van der Waals surface area contributed by atoms with Crippen LogP contribution in [0.15, 0.2) is 33.9 Å². The minimum Gasteiger partial charge on any atom is -0.501 e. The summed E-state index contributed by atoms with van der Waals surface area (Å²) in [6.45, 7) is 0.418. The van der Waals surface area contributed by atoms with Crippen molar-refractivity contribution in [2.45, 2.75) is 19.3 Å². The summed E-state index contributed by atoms with van der Waals surface area (Å²) in [6.07, 6.45) is 2.79. The van der Waals surface area contributed by atoms with Crippen molar-refractivity contribution >= 4 is 5.91 Å². The molecule has 1 aliphatic rings. The van der Waals surface area contributed by atoms with Gasteiger partial charge in [0, 0.05) is 6.54 Å². The molecule has 120 valence electrons. The lowest BCUT2D eigenvalue weighted by Crippen LogP contribution is -2.35. The van der Waals surface area contributed by atoms with Gasteiger partial charge in [-0.2, -0.15) is 0 Å². The second-order valence-corrected chi connectivity index (χ2v) is 5.72. The molecule has 0 bridgehead atoms. The van der Waals surface area contributed by atoms with Crippen LogP contribution >= 0.6 is 0 Å². The van der Waals surface area contributed by atoms with Crippen LogP contribution in [0.25, 0.3) is 0 Å². The van der Waals surface area contributed by atoms with Crippen molar-refractivity contribution in [3.63, 3.8) is 0 Å². The molecule has 1 amide bonds. The van der Waals surface area contributed by atoms with E-state index in [2.05, 4.69) is 22.4 Å². The van der Waals surface area contributed by atoms with E-state index in [1.807, 2.05) is 17.1 Å². The number of aromatic hydroxyl groups is 1. The van der Waals surface area contributed by atoms with Crippen molar-refractivity contribution in [2.24, 2.45) is 5.92 Å². The van der Waals surface area contributed by atoms with Crippen LogP contribution in [0.1, 0.15) is 28.0 Å². The summed E-state index contributed by atoms with van der Waals surface area (Å²) in [5.74, 6) is -1.16. The summed E-state index contributed by atoms with van der Waals surface area (Å²) in [6, 6.07) is 8.22. The molecule has 0 spiro atoms. The maximum Gasteiger partial charge on any atom is 0.326 e. The van der Waals surface area contributed by atoms with Gasteiger partial charge < -0.3 is 10.4 Å². The number of amides is 1. The highest BCUT2D eigenvalue weighted by Crippen LogP contribution is 2.24. The van der Waals surface area contributed by atoms with Crippen molar-refractivity contribution < 1.29 is 9.90 Å². The Hall–Kier alpha value is -2.83. The third-order valence-electron chi connectivity index (χ3n) is 4.14. The Kier molecular flexibility index (Phi) is 4.01. The number of nitrogens with one attached hydrogen (secondary N) is 3. The van der Waals surface area contributed by atoms with Gasteiger partial charge in [0.1, 0.15) is 0 Å². The third-order valence-corrected chi connectivity index (χ3v) is 4.14. The van der Waals surface area contributed by atoms with E-state index >= 15 is 0 Å². The van der Waals surface area contributed by atoms with Crippen LogP contribution in [0.2, 0.25) is 0 Å². The number of carbonyl (C=O) groups excluding carboxylic acids is 1. The Morgan fingerprint density at radius 1 is 1.22 bits per heavy atom. The quantitative estimate of drug-likeness (QED) is 0.652. The minimum absolute atomic E-state index is 0.282. The Morgan fingerprint density at radius 3 is 2.74 bits per heavy atom. The number of rotatable bonds is 3. The maximum absolute atomic E-state index is 12.1. The molecule has 1 unspecified atom stereocenters. The van der Waals surface area contributed by atoms with Gasteiger partial charge in [0.05, 0.1) is 0 Å². The highest BCUT2D eigenvalue weighted by atomic mass is 16.3. The minimum atomic E-state index is -0.981. The number of H-pyrrole nitrogens is 2. The van der Waals surface area contributed by atoms with Crippen molar-refractivity contribution in [3.8, 4) is 5.75 Å². The fourth-order valence-corrected chi connectivity index (χ4v) is 2.92. The molecule has 0 saturated carbocycles. The summed E-state index contributed by atoms with van der Waals surface area (Å²) < 4.78 is 0. The standard InChI is InChI=1S/C16H17N3O4/c20-13-12(18-16(23)19-15(13)22)14(21)17-8-9-5-6-10-3-1-2-4-11(10)7-9/h1-4,9,20H,5-8H2,(H,17,21)(H2,18,19,22,23). The lowest BCUT2D eigenvalue weighted by Gasteiger charge is -2.24. The molecular weight excluding hydrogens is 298 g/mol. The predicted molar refractivity (Wildman–Crippen MR) is 83.6 cm³/mol. The lowest BCUT2D eigenvalue weighted by molar-refractivity contribution is 0.0937. The van der Waals surface area contributed by atoms with Crippen LogP contribution in [-0.4, -0.2) is 27.5 Å². The molecule has 2 aromatic rings. The molecule has 1 aliphatic carbocycles. The molecule has 3 rings (SSSR count). The number of hydrogen-bond donors (Lipinski definition) is 4. The van der Waals surface area contributed by atoms with E-state index in [0.717, 1.165) is 19.3 Å². The molecule has 23 heavy (non-hydrogen) atoms. The Morgan fingerprint density at radius 2 is 1.96 bits per heavy atom. The van der Waals surface area contributed by atoms with Crippen molar-refractivity contribution in [1.29, 1.82) is 0 Å². The average Bonchev–Trinajstić information content (AvgIpc) is 2.55. The van der Waals surface area contributed by atoms with Crippen LogP contribution in [0, 0.1) is 5.92 Å². The van der Waals surface area contributed by atoms with Gasteiger partial charge in [-0.3, -0.25) is 19.6 Å². The van der Waals surface area contributed by atoms with Crippen LogP contribution < -0.4 is 16.6 Å². The third kappa shape index (κ3) is 3.18. The van der Waals surface area contributed by atoms with Gasteiger partial charge in [-0.15, -0.1) is 0 Å². The molecule has 1 aromatic heterocycles. The van der Waals surface area contributed by atoms with E-state index in [1.165, 1.54) is 11.1 Å². The number of aromatic nitrogens is 2. The topological polar surface area (TPSA) is 115 Å². The van der Waals surface area contributed by atoms with Gasteiger partial charge in [-0.1, -0.05) is 24.3 Å². The van der Waals surface area contributed by atoms with Crippen LogP contribution in [0.3, 0.4) is 0 Å². The second kappa shape index (κ2) is 6.12. The first-order valence-electron chi connectivity index (χ1n) is 7.45. The summed E-state index contributed by atoms with van der Waals surface area (Å²) in [7, 11) is 0. The highest BCUT2D eigenvalue weighted by molar-refractivity contribution is 5.94. The molecule has 1 aromatic carbocycles. The normalized spacial score (nSPS) is 16.6. The van der Waals surface area contributed by atoms with Crippen molar-refractivity contribution in [1.82, 2.24) is 15.3 Å². The number of aromatic amines is 2. The van der Waals surface area contributed by atoms with Gasteiger partial charge in [0.15, 0.2) is 5.69 Å². The van der Waals surface area contributed by atoms with E-state index < -0.39 is 28.6 Å². The number of aryl methyl sites for hydroxylation is 1. The predicted octanol–water partition coefficient (Wildman–Crippen LogP) is 0.304. The number of hydrogen-bond acceptors (Lipinski definition) is 4. The number of fused-ring (bicyclic) bond motifs is 1. The Balaban J connectivity index is 1.67. The zero-order chi connectivity index (χ0) is 16.4. The zero-order valence-electron chi connectivity index (χ0n) is 12.4. The van der Waals surface area contributed by atoms with E-state index in [4.69, 9.17) is 0 Å². The molecule has 1 heterocycles. The molecule has 0 aliphatic heterocycles. The van der Waals surface area contributed by atoms with E-state index in [1.54, 1.807) is 0 Å². The lowest BCUT2D eigenvalue weighted by atomic mass is 9.84. The Labute approximate surface area is 131 Å². The first kappa shape index (κ1) is 15.1. The molecule has 0 fully saturated rings. The molecule has 7 heteroatoms. The smallest absolute Gasteiger partial charge is 0.326 e. The molecule has 1 atom stereocenters. The summed E-state index contributed by atoms with van der Waals surface area (Å²) in [4.78, 5) is 38.6. The van der Waals surface area contributed by atoms with Gasteiger partial charge in [-0.05, 0) is 36.3 Å². The van der Waals surface area contributed by atoms with Crippen LogP contribution in [-0.2, 0) is 12.8 Å². The van der Waals surface area contributed by atoms with E-state index in [-0.39, 0.29) is 5.92 Å². The monoisotopic (exact) mass is 315 g/mol. The highest BCUT2D eigenvalue weighted by Gasteiger charge is 2.21. The van der Waals surface area contributed by atoms with Crippen LogP contribution in [0.5, 0.6) is 5.75 Å². The average molecular weight is 315 g/mol. The summed E-state index contributed by atoms with van der Waals surface area (Å²) in [5, 5.41) is 12.3. The second-order valence-electron chi connectivity index (χ2n) is 5.72. The molecule has 4 N–H and O–H groups in total. The largest absolute Gasteiger partial charge is 0.501 e. The SMILES string of the molecule is O=C(NCC1CCc2ccccc2C1)c1[nH]c(=O)[nH]c(=O)c1O. The fraction of sp³-hybridized carbons (Fsp3) is 0.312. The maximum atomic E-state index is 12.1. The first-order chi connectivity index (χ1) is 11.0. The zero-order valence-corrected chi connectivity index (χ0v) is 12.4.